The van der Waals surface area contributed by atoms with Crippen LogP contribution in [0, 0.1) is 13.8 Å². The third-order valence-electron chi connectivity index (χ3n) is 3.46. The number of aromatic nitrogens is 1. The molecule has 0 bridgehead atoms. The fraction of sp³-hybridized carbons (Fsp3) is 0.467. The summed E-state index contributed by atoms with van der Waals surface area (Å²) in [6.07, 6.45) is 0. The molecule has 1 aromatic heterocycles. The number of nitrogens with two attached hydrogens (primary N) is 1. The van der Waals surface area contributed by atoms with Crippen LogP contribution in [0.3, 0.4) is 0 Å². The van der Waals surface area contributed by atoms with Gasteiger partial charge in [-0.2, -0.15) is 0 Å². The molecule has 1 heterocycles. The summed E-state index contributed by atoms with van der Waals surface area (Å²) >= 11 is 0. The first-order valence-electron chi connectivity index (χ1n) is 6.35. The number of nitrogens with zero attached hydrogens (tertiary/aromatic N) is 1. The van der Waals surface area contributed by atoms with Crippen molar-refractivity contribution in [2.24, 2.45) is 5.73 Å². The van der Waals surface area contributed by atoms with E-state index in [2.05, 4.69) is 50.5 Å². The highest BCUT2D eigenvalue weighted by atomic mass is 15.0. The van der Waals surface area contributed by atoms with Crippen LogP contribution >= 0.6 is 0 Å². The lowest BCUT2D eigenvalue weighted by atomic mass is 9.99. The van der Waals surface area contributed by atoms with E-state index in [1.165, 1.54) is 27.7 Å². The Kier molecular flexibility index (Phi) is 3.25. The normalized spacial score (nSPS) is 11.6. The van der Waals surface area contributed by atoms with Crippen molar-refractivity contribution in [2.75, 3.05) is 6.54 Å². The molecular weight excluding hydrogens is 208 g/mol. The molecule has 2 aromatic rings. The number of aryl methyl sites for hydroxylation is 1. The van der Waals surface area contributed by atoms with Gasteiger partial charge in [0.25, 0.3) is 0 Å². The SMILES string of the molecule is Cc1ccc2c(c1)c(C(C)C)c(C)n2CCN. The first-order valence-corrected chi connectivity index (χ1v) is 6.35. The van der Waals surface area contributed by atoms with E-state index < -0.39 is 0 Å². The predicted octanol–water partition coefficient (Wildman–Crippen LogP) is 3.34. The van der Waals surface area contributed by atoms with E-state index in [1.54, 1.807) is 0 Å². The van der Waals surface area contributed by atoms with E-state index in [4.69, 9.17) is 5.73 Å². The lowest BCUT2D eigenvalue weighted by Crippen LogP contribution is -2.11. The second-order valence-electron chi connectivity index (χ2n) is 5.11. The van der Waals surface area contributed by atoms with Crippen LogP contribution in [0.15, 0.2) is 18.2 Å². The minimum absolute atomic E-state index is 0.554. The molecule has 0 amide bonds. The molecule has 0 spiro atoms. The number of fused-ring (bicyclic) bond motifs is 1. The van der Waals surface area contributed by atoms with Crippen LogP contribution in [0.4, 0.5) is 0 Å². The Morgan fingerprint density at radius 3 is 2.53 bits per heavy atom. The smallest absolute Gasteiger partial charge is 0.0486 e. The summed E-state index contributed by atoms with van der Waals surface area (Å²) in [4.78, 5) is 0. The highest BCUT2D eigenvalue weighted by Gasteiger charge is 2.15. The van der Waals surface area contributed by atoms with Gasteiger partial charge in [0.1, 0.15) is 0 Å². The van der Waals surface area contributed by atoms with Crippen molar-refractivity contribution in [3.63, 3.8) is 0 Å². The molecule has 2 N–H and O–H groups in total. The van der Waals surface area contributed by atoms with E-state index in [0.29, 0.717) is 12.5 Å². The quantitative estimate of drug-likeness (QED) is 0.861. The van der Waals surface area contributed by atoms with E-state index in [1.807, 2.05) is 0 Å². The average molecular weight is 230 g/mol. The summed E-state index contributed by atoms with van der Waals surface area (Å²) in [6.45, 7) is 10.5. The maximum Gasteiger partial charge on any atom is 0.0486 e. The van der Waals surface area contributed by atoms with Gasteiger partial charge in [0.15, 0.2) is 0 Å². The monoisotopic (exact) mass is 230 g/mol. The molecule has 17 heavy (non-hydrogen) atoms. The molecule has 0 fully saturated rings. The van der Waals surface area contributed by atoms with Crippen molar-refractivity contribution >= 4 is 10.9 Å². The van der Waals surface area contributed by atoms with Crippen molar-refractivity contribution in [3.05, 3.63) is 35.0 Å². The molecule has 0 saturated carbocycles. The maximum absolute atomic E-state index is 5.71. The highest BCUT2D eigenvalue weighted by Crippen LogP contribution is 2.32. The molecule has 1 aromatic carbocycles. The van der Waals surface area contributed by atoms with E-state index >= 15 is 0 Å². The second-order valence-corrected chi connectivity index (χ2v) is 5.11. The molecule has 0 atom stereocenters. The third kappa shape index (κ3) is 1.98. The molecule has 0 aliphatic rings. The number of hydrogen-bond acceptors (Lipinski definition) is 1. The van der Waals surface area contributed by atoms with Gasteiger partial charge in [-0.05, 0) is 37.5 Å². The molecule has 2 heteroatoms. The Balaban J connectivity index is 2.78. The first-order chi connectivity index (χ1) is 8.06. The van der Waals surface area contributed by atoms with Crippen LogP contribution in [-0.2, 0) is 6.54 Å². The maximum atomic E-state index is 5.71. The zero-order valence-electron chi connectivity index (χ0n) is 11.2. The minimum atomic E-state index is 0.554. The molecule has 0 aliphatic heterocycles. The summed E-state index contributed by atoms with van der Waals surface area (Å²) in [5.41, 5.74) is 11.2. The summed E-state index contributed by atoms with van der Waals surface area (Å²) < 4.78 is 2.35. The van der Waals surface area contributed by atoms with Crippen molar-refractivity contribution in [2.45, 2.75) is 40.2 Å². The van der Waals surface area contributed by atoms with Crippen LogP contribution in [0.2, 0.25) is 0 Å². The van der Waals surface area contributed by atoms with E-state index in [0.717, 1.165) is 6.54 Å². The molecule has 0 radical (unpaired) electrons. The van der Waals surface area contributed by atoms with Crippen molar-refractivity contribution in [3.8, 4) is 0 Å². The second kappa shape index (κ2) is 4.53. The van der Waals surface area contributed by atoms with Gasteiger partial charge >= 0.3 is 0 Å². The summed E-state index contributed by atoms with van der Waals surface area (Å²) in [7, 11) is 0. The van der Waals surface area contributed by atoms with Crippen molar-refractivity contribution in [1.29, 1.82) is 0 Å². The fourth-order valence-corrected chi connectivity index (χ4v) is 2.77. The van der Waals surface area contributed by atoms with Crippen LogP contribution in [0.1, 0.15) is 36.6 Å². The molecular formula is C15H22N2. The number of benzene rings is 1. The Labute approximate surface area is 103 Å². The predicted molar refractivity (Wildman–Crippen MR) is 74.6 cm³/mol. The fourth-order valence-electron chi connectivity index (χ4n) is 2.77. The van der Waals surface area contributed by atoms with Crippen LogP contribution in [-0.4, -0.2) is 11.1 Å². The Bertz CT molecular complexity index is 535. The first kappa shape index (κ1) is 12.2. The molecule has 2 rings (SSSR count). The molecule has 0 unspecified atom stereocenters. The van der Waals surface area contributed by atoms with Crippen LogP contribution in [0.25, 0.3) is 10.9 Å². The Hall–Kier alpha value is -1.28. The largest absolute Gasteiger partial charge is 0.343 e. The molecule has 0 aliphatic carbocycles. The minimum Gasteiger partial charge on any atom is -0.343 e. The zero-order valence-corrected chi connectivity index (χ0v) is 11.2. The van der Waals surface area contributed by atoms with Gasteiger partial charge in [0.2, 0.25) is 0 Å². The molecule has 0 saturated heterocycles. The number of hydrogen-bond donors (Lipinski definition) is 1. The topological polar surface area (TPSA) is 30.9 Å². The molecule has 92 valence electrons. The van der Waals surface area contributed by atoms with Gasteiger partial charge < -0.3 is 10.3 Å². The van der Waals surface area contributed by atoms with Gasteiger partial charge in [0, 0.05) is 29.7 Å². The van der Waals surface area contributed by atoms with Gasteiger partial charge in [-0.15, -0.1) is 0 Å². The summed E-state index contributed by atoms with van der Waals surface area (Å²) in [5, 5.41) is 1.39. The summed E-state index contributed by atoms with van der Waals surface area (Å²) in [5.74, 6) is 0.554. The summed E-state index contributed by atoms with van der Waals surface area (Å²) in [6, 6.07) is 6.70. The van der Waals surface area contributed by atoms with Gasteiger partial charge in [-0.25, -0.2) is 0 Å². The Morgan fingerprint density at radius 1 is 1.24 bits per heavy atom. The average Bonchev–Trinajstić information content (AvgIpc) is 2.52. The highest BCUT2D eigenvalue weighted by molar-refractivity contribution is 5.86. The van der Waals surface area contributed by atoms with Gasteiger partial charge in [-0.3, -0.25) is 0 Å². The van der Waals surface area contributed by atoms with Crippen molar-refractivity contribution < 1.29 is 0 Å². The standard InChI is InChI=1S/C15H22N2/c1-10(2)15-12(4)17(8-7-16)14-6-5-11(3)9-13(14)15/h5-6,9-10H,7-8,16H2,1-4H3. The van der Waals surface area contributed by atoms with Crippen molar-refractivity contribution in [1.82, 2.24) is 4.57 Å². The van der Waals surface area contributed by atoms with Crippen LogP contribution in [0.5, 0.6) is 0 Å². The molecule has 2 nitrogen and oxygen atoms in total. The van der Waals surface area contributed by atoms with Gasteiger partial charge in [0.05, 0.1) is 0 Å². The Morgan fingerprint density at radius 2 is 1.94 bits per heavy atom. The van der Waals surface area contributed by atoms with E-state index in [9.17, 15) is 0 Å². The van der Waals surface area contributed by atoms with Gasteiger partial charge in [-0.1, -0.05) is 25.5 Å². The lowest BCUT2D eigenvalue weighted by molar-refractivity contribution is 0.704. The van der Waals surface area contributed by atoms with E-state index in [-0.39, 0.29) is 0 Å². The third-order valence-corrected chi connectivity index (χ3v) is 3.46. The zero-order chi connectivity index (χ0) is 12.6. The lowest BCUT2D eigenvalue weighted by Gasteiger charge is -2.08. The number of rotatable bonds is 3. The van der Waals surface area contributed by atoms with Crippen LogP contribution < -0.4 is 5.73 Å².